The minimum atomic E-state index is -1.12. The number of nitrogens with one attached hydrogen (secondary N) is 1. The summed E-state index contributed by atoms with van der Waals surface area (Å²) in [6.07, 6.45) is 3.80. The quantitative estimate of drug-likeness (QED) is 0.673. The lowest BCUT2D eigenvalue weighted by molar-refractivity contribution is 0.318. The van der Waals surface area contributed by atoms with E-state index in [1.807, 2.05) is 6.07 Å². The van der Waals surface area contributed by atoms with Crippen LogP contribution < -0.4 is 4.72 Å². The standard InChI is InChI=1S/C7H12N2OS/c8-4-5-11(10)9-6-7-2-1-3-7/h7,9H,1-3,5-6H2. The summed E-state index contributed by atoms with van der Waals surface area (Å²) < 4.78 is 13.7. The number of hydrogen-bond donors (Lipinski definition) is 1. The van der Waals surface area contributed by atoms with Gasteiger partial charge in [0.15, 0.2) is 0 Å². The Bertz CT molecular complexity index is 183. The second-order valence-electron chi connectivity index (χ2n) is 2.79. The summed E-state index contributed by atoms with van der Waals surface area (Å²) in [6.45, 7) is 0.814. The van der Waals surface area contributed by atoms with E-state index in [1.165, 1.54) is 19.3 Å². The van der Waals surface area contributed by atoms with Crippen molar-refractivity contribution in [1.29, 1.82) is 5.26 Å². The smallest absolute Gasteiger partial charge is 0.125 e. The van der Waals surface area contributed by atoms with Crippen LogP contribution in [-0.2, 0) is 11.0 Å². The van der Waals surface area contributed by atoms with Gasteiger partial charge < -0.3 is 0 Å². The Morgan fingerprint density at radius 2 is 2.36 bits per heavy atom. The predicted molar refractivity (Wildman–Crippen MR) is 44.0 cm³/mol. The van der Waals surface area contributed by atoms with Crippen LogP contribution in [0, 0.1) is 17.2 Å². The molecule has 11 heavy (non-hydrogen) atoms. The van der Waals surface area contributed by atoms with Crippen molar-refractivity contribution in [1.82, 2.24) is 4.72 Å². The Labute approximate surface area is 69.4 Å². The van der Waals surface area contributed by atoms with E-state index >= 15 is 0 Å². The van der Waals surface area contributed by atoms with Gasteiger partial charge in [0, 0.05) is 6.54 Å². The minimum Gasteiger partial charge on any atom is -0.242 e. The van der Waals surface area contributed by atoms with E-state index in [4.69, 9.17) is 5.26 Å². The molecule has 1 N–H and O–H groups in total. The normalized spacial score (nSPS) is 20.3. The number of nitriles is 1. The molecule has 1 fully saturated rings. The van der Waals surface area contributed by atoms with Crippen molar-refractivity contribution in [3.8, 4) is 6.07 Å². The van der Waals surface area contributed by atoms with Crippen LogP contribution in [0.2, 0.25) is 0 Å². The number of nitrogens with zero attached hydrogens (tertiary/aromatic N) is 1. The second kappa shape index (κ2) is 4.47. The zero-order valence-electron chi connectivity index (χ0n) is 6.38. The van der Waals surface area contributed by atoms with Gasteiger partial charge in [-0.3, -0.25) is 0 Å². The van der Waals surface area contributed by atoms with Crippen LogP contribution in [0.4, 0.5) is 0 Å². The van der Waals surface area contributed by atoms with Gasteiger partial charge in [0.1, 0.15) is 16.7 Å². The van der Waals surface area contributed by atoms with E-state index in [2.05, 4.69) is 4.72 Å². The van der Waals surface area contributed by atoms with Gasteiger partial charge >= 0.3 is 0 Å². The maximum atomic E-state index is 10.9. The summed E-state index contributed by atoms with van der Waals surface area (Å²) in [7, 11) is -1.12. The van der Waals surface area contributed by atoms with Gasteiger partial charge in [-0.15, -0.1) is 0 Å². The van der Waals surface area contributed by atoms with Crippen molar-refractivity contribution in [3.05, 3.63) is 0 Å². The molecule has 1 saturated carbocycles. The molecule has 1 atom stereocenters. The van der Waals surface area contributed by atoms with Gasteiger partial charge in [-0.25, -0.2) is 8.93 Å². The monoisotopic (exact) mass is 172 g/mol. The highest BCUT2D eigenvalue weighted by Crippen LogP contribution is 2.25. The van der Waals surface area contributed by atoms with E-state index in [-0.39, 0.29) is 5.75 Å². The zero-order valence-corrected chi connectivity index (χ0v) is 7.19. The van der Waals surface area contributed by atoms with E-state index < -0.39 is 11.0 Å². The van der Waals surface area contributed by atoms with Crippen molar-refractivity contribution >= 4 is 11.0 Å². The van der Waals surface area contributed by atoms with Gasteiger partial charge in [-0.05, 0) is 18.8 Å². The SMILES string of the molecule is N#CCS(=O)NCC1CCC1. The van der Waals surface area contributed by atoms with E-state index in [9.17, 15) is 4.21 Å². The zero-order chi connectivity index (χ0) is 8.10. The number of hydrogen-bond acceptors (Lipinski definition) is 2. The Morgan fingerprint density at radius 1 is 1.64 bits per heavy atom. The molecule has 0 aliphatic heterocycles. The average Bonchev–Trinajstić information content (AvgIpc) is 1.85. The lowest BCUT2D eigenvalue weighted by Gasteiger charge is -2.24. The van der Waals surface area contributed by atoms with Crippen molar-refractivity contribution in [3.63, 3.8) is 0 Å². The topological polar surface area (TPSA) is 52.9 Å². The maximum absolute atomic E-state index is 10.9. The minimum absolute atomic E-state index is 0.104. The largest absolute Gasteiger partial charge is 0.242 e. The van der Waals surface area contributed by atoms with E-state index in [0.29, 0.717) is 5.92 Å². The molecule has 0 radical (unpaired) electrons. The van der Waals surface area contributed by atoms with E-state index in [1.54, 1.807) is 0 Å². The third kappa shape index (κ3) is 3.00. The molecule has 1 unspecified atom stereocenters. The molecule has 0 spiro atoms. The second-order valence-corrected chi connectivity index (χ2v) is 4.06. The highest BCUT2D eigenvalue weighted by atomic mass is 32.2. The summed E-state index contributed by atoms with van der Waals surface area (Å²) in [5.74, 6) is 0.810. The lowest BCUT2D eigenvalue weighted by atomic mass is 9.86. The van der Waals surface area contributed by atoms with Crippen LogP contribution >= 0.6 is 0 Å². The first-order valence-corrected chi connectivity index (χ1v) is 5.13. The first-order valence-electron chi connectivity index (χ1n) is 3.81. The molecule has 0 bridgehead atoms. The Kier molecular flexibility index (Phi) is 3.53. The van der Waals surface area contributed by atoms with Gasteiger partial charge in [0.05, 0.1) is 6.07 Å². The third-order valence-electron chi connectivity index (χ3n) is 1.95. The fraction of sp³-hybridized carbons (Fsp3) is 0.857. The molecule has 0 aromatic rings. The number of rotatable bonds is 4. The van der Waals surface area contributed by atoms with Crippen molar-refractivity contribution in [2.45, 2.75) is 19.3 Å². The molecule has 0 heterocycles. The van der Waals surface area contributed by atoms with Crippen LogP contribution in [0.1, 0.15) is 19.3 Å². The first-order chi connectivity index (χ1) is 5.33. The van der Waals surface area contributed by atoms with Crippen molar-refractivity contribution < 1.29 is 4.21 Å². The summed E-state index contributed by atoms with van der Waals surface area (Å²) in [6, 6.07) is 1.86. The summed E-state index contributed by atoms with van der Waals surface area (Å²) >= 11 is 0. The molecular weight excluding hydrogens is 160 g/mol. The Morgan fingerprint density at radius 3 is 2.82 bits per heavy atom. The Balaban J connectivity index is 2.02. The van der Waals surface area contributed by atoms with Crippen LogP contribution in [0.15, 0.2) is 0 Å². The van der Waals surface area contributed by atoms with Crippen LogP contribution in [0.3, 0.4) is 0 Å². The molecule has 4 heteroatoms. The molecule has 1 aliphatic carbocycles. The van der Waals surface area contributed by atoms with Gasteiger partial charge in [0.2, 0.25) is 0 Å². The molecule has 0 amide bonds. The predicted octanol–water partition coefficient (Wildman–Crippen LogP) is 0.563. The van der Waals surface area contributed by atoms with Crippen molar-refractivity contribution in [2.24, 2.45) is 5.92 Å². The molecule has 1 aliphatic rings. The van der Waals surface area contributed by atoms with Gasteiger partial charge in [-0.2, -0.15) is 5.26 Å². The van der Waals surface area contributed by atoms with Crippen LogP contribution in [0.5, 0.6) is 0 Å². The average molecular weight is 172 g/mol. The molecule has 3 nitrogen and oxygen atoms in total. The fourth-order valence-electron chi connectivity index (χ4n) is 1.02. The highest BCUT2D eigenvalue weighted by Gasteiger charge is 2.17. The highest BCUT2D eigenvalue weighted by molar-refractivity contribution is 7.83. The fourth-order valence-corrected chi connectivity index (χ4v) is 1.66. The summed E-state index contributed by atoms with van der Waals surface area (Å²) in [5.41, 5.74) is 0. The molecule has 1 rings (SSSR count). The lowest BCUT2D eigenvalue weighted by Crippen LogP contribution is -2.29. The maximum Gasteiger partial charge on any atom is 0.125 e. The molecular formula is C7H12N2OS. The Hall–Kier alpha value is -0.400. The first kappa shape index (κ1) is 8.69. The molecule has 62 valence electrons. The summed E-state index contributed by atoms with van der Waals surface area (Å²) in [4.78, 5) is 0. The van der Waals surface area contributed by atoms with Crippen molar-refractivity contribution in [2.75, 3.05) is 12.3 Å². The van der Waals surface area contributed by atoms with Gasteiger partial charge in [0.25, 0.3) is 0 Å². The van der Waals surface area contributed by atoms with E-state index in [0.717, 1.165) is 6.54 Å². The summed E-state index contributed by atoms with van der Waals surface area (Å²) in [5, 5.41) is 8.19. The van der Waals surface area contributed by atoms with Gasteiger partial charge in [-0.1, -0.05) is 6.42 Å². The molecule has 0 saturated heterocycles. The molecule has 0 aromatic carbocycles. The third-order valence-corrected chi connectivity index (χ3v) is 2.83. The van der Waals surface area contributed by atoms with Crippen LogP contribution in [0.25, 0.3) is 0 Å². The molecule has 0 aromatic heterocycles. The van der Waals surface area contributed by atoms with Crippen LogP contribution in [-0.4, -0.2) is 16.5 Å².